The molecule has 1 aliphatic rings. The molecule has 11 heavy (non-hydrogen) atoms. The third kappa shape index (κ3) is 2.42. The molecule has 62 valence electrons. The summed E-state index contributed by atoms with van der Waals surface area (Å²) in [6.45, 7) is 5.09. The van der Waals surface area contributed by atoms with E-state index in [1.807, 2.05) is 6.82 Å². The van der Waals surface area contributed by atoms with Crippen molar-refractivity contribution in [3.05, 3.63) is 0 Å². The van der Waals surface area contributed by atoms with E-state index < -0.39 is 0 Å². The summed E-state index contributed by atoms with van der Waals surface area (Å²) in [7, 11) is 0.461. The average Bonchev–Trinajstić information content (AvgIpc) is 2.07. The lowest BCUT2D eigenvalue weighted by atomic mass is 10.1. The number of hydrogen-bond acceptors (Lipinski definition) is 3. The Labute approximate surface area is 67.2 Å². The fourth-order valence-corrected chi connectivity index (χ4v) is 1.06. The van der Waals surface area contributed by atoms with Crippen molar-refractivity contribution in [3.63, 3.8) is 0 Å². The molecule has 0 aliphatic carbocycles. The maximum absolute atomic E-state index is 11.1. The number of rotatable bonds is 1. The van der Waals surface area contributed by atoms with Gasteiger partial charge in [0.15, 0.2) is 0 Å². The van der Waals surface area contributed by atoms with Crippen LogP contribution in [-0.2, 0) is 4.65 Å². The van der Waals surface area contributed by atoms with Crippen molar-refractivity contribution in [1.29, 1.82) is 0 Å². The van der Waals surface area contributed by atoms with E-state index in [1.54, 1.807) is 4.90 Å². The van der Waals surface area contributed by atoms with E-state index >= 15 is 0 Å². The van der Waals surface area contributed by atoms with Crippen molar-refractivity contribution >= 4 is 13.6 Å². The molecule has 1 rings (SSSR count). The Kier molecular flexibility index (Phi) is 3.23. The standard InChI is InChI=1S/C6H13BN2O2/c1-7-11-6(10)9-4-2-8-3-5-9/h7-8H,2-5H2,1H3. The first kappa shape index (κ1) is 8.39. The number of amides is 1. The molecule has 1 amide bonds. The molecule has 1 N–H and O–H groups in total. The van der Waals surface area contributed by atoms with E-state index in [9.17, 15) is 4.79 Å². The third-order valence-corrected chi connectivity index (χ3v) is 1.64. The minimum absolute atomic E-state index is 0.186. The summed E-state index contributed by atoms with van der Waals surface area (Å²) in [6, 6.07) is 0. The average molecular weight is 156 g/mol. The Bertz CT molecular complexity index is 137. The quantitative estimate of drug-likeness (QED) is 0.516. The van der Waals surface area contributed by atoms with Gasteiger partial charge in [-0.05, 0) is 0 Å². The van der Waals surface area contributed by atoms with Gasteiger partial charge in [-0.2, -0.15) is 0 Å². The van der Waals surface area contributed by atoms with Crippen LogP contribution in [0.15, 0.2) is 0 Å². The Morgan fingerprint density at radius 2 is 2.18 bits per heavy atom. The molecule has 0 aromatic carbocycles. The molecule has 1 heterocycles. The van der Waals surface area contributed by atoms with Crippen LogP contribution in [-0.4, -0.2) is 44.7 Å². The highest BCUT2D eigenvalue weighted by atomic mass is 16.5. The van der Waals surface area contributed by atoms with Crippen LogP contribution < -0.4 is 5.32 Å². The van der Waals surface area contributed by atoms with E-state index in [1.165, 1.54) is 0 Å². The number of nitrogens with zero attached hydrogens (tertiary/aromatic N) is 1. The highest BCUT2D eigenvalue weighted by Gasteiger charge is 2.15. The van der Waals surface area contributed by atoms with Crippen LogP contribution in [0.5, 0.6) is 0 Å². The molecule has 0 bridgehead atoms. The van der Waals surface area contributed by atoms with Crippen molar-refractivity contribution in [3.8, 4) is 0 Å². The first-order valence-electron chi connectivity index (χ1n) is 3.97. The second kappa shape index (κ2) is 4.23. The van der Waals surface area contributed by atoms with Gasteiger partial charge >= 0.3 is 13.6 Å². The number of piperazine rings is 1. The molecule has 0 spiro atoms. The van der Waals surface area contributed by atoms with Crippen molar-refractivity contribution in [2.45, 2.75) is 6.82 Å². The summed E-state index contributed by atoms with van der Waals surface area (Å²) >= 11 is 0. The van der Waals surface area contributed by atoms with Crippen LogP contribution in [0.1, 0.15) is 0 Å². The van der Waals surface area contributed by atoms with Gasteiger partial charge in [0.25, 0.3) is 0 Å². The smallest absolute Gasteiger partial charge is 0.391 e. The van der Waals surface area contributed by atoms with Crippen molar-refractivity contribution in [2.24, 2.45) is 0 Å². The summed E-state index contributed by atoms with van der Waals surface area (Å²) in [5, 5.41) is 3.16. The van der Waals surface area contributed by atoms with Gasteiger partial charge in [0.2, 0.25) is 0 Å². The van der Waals surface area contributed by atoms with Gasteiger partial charge in [-0.1, -0.05) is 6.82 Å². The summed E-state index contributed by atoms with van der Waals surface area (Å²) in [6.07, 6.45) is -0.186. The predicted molar refractivity (Wildman–Crippen MR) is 43.9 cm³/mol. The van der Waals surface area contributed by atoms with Gasteiger partial charge in [-0.25, -0.2) is 4.79 Å². The van der Waals surface area contributed by atoms with Gasteiger partial charge in [0.1, 0.15) is 0 Å². The summed E-state index contributed by atoms with van der Waals surface area (Å²) in [5.41, 5.74) is 0. The van der Waals surface area contributed by atoms with Gasteiger partial charge in [-0.3, -0.25) is 0 Å². The van der Waals surface area contributed by atoms with E-state index in [-0.39, 0.29) is 6.09 Å². The monoisotopic (exact) mass is 156 g/mol. The highest BCUT2D eigenvalue weighted by molar-refractivity contribution is 6.28. The summed E-state index contributed by atoms with van der Waals surface area (Å²) in [5.74, 6) is 0. The zero-order valence-corrected chi connectivity index (χ0v) is 6.80. The zero-order valence-electron chi connectivity index (χ0n) is 6.80. The lowest BCUT2D eigenvalue weighted by Crippen LogP contribution is -2.46. The molecule has 0 unspecified atom stereocenters. The van der Waals surface area contributed by atoms with Crippen molar-refractivity contribution in [1.82, 2.24) is 10.2 Å². The number of carbonyl (C=O) groups is 1. The summed E-state index contributed by atoms with van der Waals surface area (Å²) < 4.78 is 4.84. The first-order valence-corrected chi connectivity index (χ1v) is 3.97. The number of carbonyl (C=O) groups excluding carboxylic acids is 1. The second-order valence-electron chi connectivity index (χ2n) is 2.44. The summed E-state index contributed by atoms with van der Waals surface area (Å²) in [4.78, 5) is 12.8. The SMILES string of the molecule is CBOC(=O)N1CCNCC1. The normalized spacial score (nSPS) is 17.7. The van der Waals surface area contributed by atoms with Gasteiger partial charge in [0.05, 0.1) is 0 Å². The number of hydrogen-bond donors (Lipinski definition) is 1. The largest absolute Gasteiger partial charge is 0.525 e. The molecule has 5 heteroatoms. The molecular weight excluding hydrogens is 143 g/mol. The topological polar surface area (TPSA) is 41.6 Å². The van der Waals surface area contributed by atoms with E-state index in [2.05, 4.69) is 5.32 Å². The van der Waals surface area contributed by atoms with E-state index in [0.29, 0.717) is 7.48 Å². The lowest BCUT2D eigenvalue weighted by Gasteiger charge is -2.26. The van der Waals surface area contributed by atoms with Gasteiger partial charge < -0.3 is 14.9 Å². The Balaban J connectivity index is 2.27. The Hall–Kier alpha value is -0.705. The minimum atomic E-state index is -0.186. The Morgan fingerprint density at radius 1 is 1.55 bits per heavy atom. The minimum Gasteiger partial charge on any atom is -0.525 e. The molecule has 1 fully saturated rings. The lowest BCUT2D eigenvalue weighted by molar-refractivity contribution is 0.148. The number of nitrogens with one attached hydrogen (secondary N) is 1. The molecule has 0 radical (unpaired) electrons. The van der Waals surface area contributed by atoms with Gasteiger partial charge in [0, 0.05) is 26.2 Å². The van der Waals surface area contributed by atoms with E-state index in [0.717, 1.165) is 26.2 Å². The molecule has 0 aromatic heterocycles. The molecule has 1 aliphatic heterocycles. The highest BCUT2D eigenvalue weighted by Crippen LogP contribution is 1.95. The zero-order chi connectivity index (χ0) is 8.10. The molecule has 4 nitrogen and oxygen atoms in total. The van der Waals surface area contributed by atoms with Crippen LogP contribution in [0.2, 0.25) is 6.82 Å². The molecule has 1 saturated heterocycles. The van der Waals surface area contributed by atoms with Crippen LogP contribution in [0.25, 0.3) is 0 Å². The van der Waals surface area contributed by atoms with Crippen LogP contribution in [0.3, 0.4) is 0 Å². The molecule has 0 aromatic rings. The maximum Gasteiger partial charge on any atom is 0.391 e. The van der Waals surface area contributed by atoms with Crippen molar-refractivity contribution in [2.75, 3.05) is 26.2 Å². The van der Waals surface area contributed by atoms with E-state index in [4.69, 9.17) is 4.65 Å². The second-order valence-corrected chi connectivity index (χ2v) is 2.44. The maximum atomic E-state index is 11.1. The first-order chi connectivity index (χ1) is 5.34. The van der Waals surface area contributed by atoms with Crippen LogP contribution in [0.4, 0.5) is 4.79 Å². The third-order valence-electron chi connectivity index (χ3n) is 1.64. The molecule has 0 atom stereocenters. The van der Waals surface area contributed by atoms with Crippen LogP contribution in [0, 0.1) is 0 Å². The Morgan fingerprint density at radius 3 is 2.73 bits per heavy atom. The molecular formula is C6H13BN2O2. The fraction of sp³-hybridized carbons (Fsp3) is 0.833. The van der Waals surface area contributed by atoms with Crippen LogP contribution >= 0.6 is 0 Å². The van der Waals surface area contributed by atoms with Gasteiger partial charge in [-0.15, -0.1) is 0 Å². The predicted octanol–water partition coefficient (Wildman–Crippen LogP) is -0.572. The van der Waals surface area contributed by atoms with Crippen molar-refractivity contribution < 1.29 is 9.45 Å². The molecule has 0 saturated carbocycles. The fourth-order valence-electron chi connectivity index (χ4n) is 1.06.